The Morgan fingerprint density at radius 3 is 2.70 bits per heavy atom. The van der Waals surface area contributed by atoms with E-state index < -0.39 is 11.9 Å². The number of ether oxygens (including phenoxy) is 1. The molecular weight excluding hydrogens is 266 g/mol. The molecule has 3 nitrogen and oxygen atoms in total. The minimum Gasteiger partial charge on any atom is -0.490 e. The zero-order chi connectivity index (χ0) is 14.6. The second kappa shape index (κ2) is 6.03. The Balaban J connectivity index is 1.96. The molecule has 0 bridgehead atoms. The van der Waals surface area contributed by atoms with Crippen LogP contribution in [0.15, 0.2) is 30.3 Å². The number of alkyl halides is 2. The Bertz CT molecular complexity index is 502. The number of hydrogen-bond donors (Lipinski definition) is 1. The summed E-state index contributed by atoms with van der Waals surface area (Å²) in [6.07, 6.45) is 2.69. The number of carboxylic acid groups (broad SMARTS) is 1. The summed E-state index contributed by atoms with van der Waals surface area (Å²) < 4.78 is 31.8. The average molecular weight is 282 g/mol. The number of benzene rings is 1. The number of aliphatic carboxylic acids is 1. The quantitative estimate of drug-likeness (QED) is 0.856. The Morgan fingerprint density at radius 2 is 2.05 bits per heavy atom. The standard InChI is InChI=1S/C15H16F2O3/c16-15(17)8-6-12(7-9-15)20-13-3-1-2-11(10-13)4-5-14(18)19/h1-5,10,12H,6-9H2,(H,18,19)/b5-4+. The van der Waals surface area contributed by atoms with Crippen molar-refractivity contribution in [3.63, 3.8) is 0 Å². The van der Waals surface area contributed by atoms with Crippen molar-refractivity contribution in [2.45, 2.75) is 37.7 Å². The lowest BCUT2D eigenvalue weighted by Crippen LogP contribution is -2.30. The molecule has 0 atom stereocenters. The SMILES string of the molecule is O=C(O)/C=C/c1cccc(OC2CCC(F)(F)CC2)c1. The van der Waals surface area contributed by atoms with Crippen LogP contribution in [0.4, 0.5) is 8.78 Å². The van der Waals surface area contributed by atoms with Crippen LogP contribution in [-0.2, 0) is 4.79 Å². The van der Waals surface area contributed by atoms with E-state index in [0.717, 1.165) is 6.08 Å². The highest BCUT2D eigenvalue weighted by Crippen LogP contribution is 2.34. The molecule has 1 saturated carbocycles. The van der Waals surface area contributed by atoms with Gasteiger partial charge in [0.25, 0.3) is 0 Å². The van der Waals surface area contributed by atoms with Crippen LogP contribution in [0, 0.1) is 0 Å². The van der Waals surface area contributed by atoms with Crippen LogP contribution in [0.2, 0.25) is 0 Å². The fourth-order valence-corrected chi connectivity index (χ4v) is 2.18. The van der Waals surface area contributed by atoms with E-state index in [2.05, 4.69) is 0 Å². The van der Waals surface area contributed by atoms with E-state index in [1.807, 2.05) is 0 Å². The first-order valence-electron chi connectivity index (χ1n) is 6.50. The molecule has 2 rings (SSSR count). The summed E-state index contributed by atoms with van der Waals surface area (Å²) in [4.78, 5) is 10.4. The van der Waals surface area contributed by atoms with Gasteiger partial charge in [0.1, 0.15) is 5.75 Å². The largest absolute Gasteiger partial charge is 0.490 e. The van der Waals surface area contributed by atoms with Crippen LogP contribution >= 0.6 is 0 Å². The van der Waals surface area contributed by atoms with E-state index in [-0.39, 0.29) is 18.9 Å². The van der Waals surface area contributed by atoms with Crippen molar-refractivity contribution in [1.82, 2.24) is 0 Å². The number of carbonyl (C=O) groups is 1. The molecule has 0 radical (unpaired) electrons. The van der Waals surface area contributed by atoms with E-state index >= 15 is 0 Å². The first-order valence-corrected chi connectivity index (χ1v) is 6.50. The Morgan fingerprint density at radius 1 is 1.35 bits per heavy atom. The molecule has 0 saturated heterocycles. The van der Waals surface area contributed by atoms with Gasteiger partial charge in [-0.2, -0.15) is 0 Å². The number of hydrogen-bond acceptors (Lipinski definition) is 2. The van der Waals surface area contributed by atoms with Gasteiger partial charge in [-0.3, -0.25) is 0 Å². The predicted molar refractivity (Wildman–Crippen MR) is 70.9 cm³/mol. The van der Waals surface area contributed by atoms with Gasteiger partial charge in [-0.05, 0) is 36.6 Å². The highest BCUT2D eigenvalue weighted by Gasteiger charge is 2.35. The van der Waals surface area contributed by atoms with Crippen molar-refractivity contribution in [3.05, 3.63) is 35.9 Å². The first kappa shape index (κ1) is 14.5. The van der Waals surface area contributed by atoms with Crippen LogP contribution in [0.25, 0.3) is 6.08 Å². The molecule has 0 amide bonds. The maximum atomic E-state index is 13.0. The lowest BCUT2D eigenvalue weighted by atomic mass is 9.94. The number of carboxylic acids is 1. The molecule has 0 heterocycles. The van der Waals surface area contributed by atoms with Gasteiger partial charge in [0.15, 0.2) is 0 Å². The van der Waals surface area contributed by atoms with Gasteiger partial charge in [-0.15, -0.1) is 0 Å². The zero-order valence-corrected chi connectivity index (χ0v) is 10.9. The van der Waals surface area contributed by atoms with Gasteiger partial charge in [0.2, 0.25) is 5.92 Å². The van der Waals surface area contributed by atoms with Gasteiger partial charge in [0, 0.05) is 18.9 Å². The van der Waals surface area contributed by atoms with Gasteiger partial charge < -0.3 is 9.84 Å². The molecule has 5 heteroatoms. The molecule has 1 N–H and O–H groups in total. The van der Waals surface area contributed by atoms with Gasteiger partial charge >= 0.3 is 5.97 Å². The first-order chi connectivity index (χ1) is 9.44. The molecular formula is C15H16F2O3. The molecule has 1 aromatic carbocycles. The summed E-state index contributed by atoms with van der Waals surface area (Å²) in [6, 6.07) is 6.94. The second-order valence-corrected chi connectivity index (χ2v) is 4.92. The molecule has 1 aliphatic rings. The lowest BCUT2D eigenvalue weighted by molar-refractivity contribution is -0.131. The molecule has 0 aromatic heterocycles. The van der Waals surface area contributed by atoms with Crippen LogP contribution in [-0.4, -0.2) is 23.1 Å². The minimum atomic E-state index is -2.56. The van der Waals surface area contributed by atoms with Crippen LogP contribution in [0.3, 0.4) is 0 Å². The number of rotatable bonds is 4. The lowest BCUT2D eigenvalue weighted by Gasteiger charge is -2.28. The van der Waals surface area contributed by atoms with Crippen molar-refractivity contribution in [2.24, 2.45) is 0 Å². The monoisotopic (exact) mass is 282 g/mol. The number of halogens is 2. The van der Waals surface area contributed by atoms with E-state index in [1.54, 1.807) is 24.3 Å². The van der Waals surface area contributed by atoms with E-state index in [9.17, 15) is 13.6 Å². The van der Waals surface area contributed by atoms with Crippen molar-refractivity contribution in [2.75, 3.05) is 0 Å². The van der Waals surface area contributed by atoms with Crippen LogP contribution in [0.1, 0.15) is 31.2 Å². The summed E-state index contributed by atoms with van der Waals surface area (Å²) in [5.41, 5.74) is 0.700. The highest BCUT2D eigenvalue weighted by molar-refractivity contribution is 5.85. The third-order valence-corrected chi connectivity index (χ3v) is 3.24. The predicted octanol–water partition coefficient (Wildman–Crippen LogP) is 3.74. The summed E-state index contributed by atoms with van der Waals surface area (Å²) in [5, 5.41) is 8.57. The van der Waals surface area contributed by atoms with Crippen molar-refractivity contribution < 1.29 is 23.4 Å². The van der Waals surface area contributed by atoms with Crippen LogP contribution in [0.5, 0.6) is 5.75 Å². The summed E-state index contributed by atoms with van der Waals surface area (Å²) in [6.45, 7) is 0. The van der Waals surface area contributed by atoms with Gasteiger partial charge in [-0.1, -0.05) is 12.1 Å². The van der Waals surface area contributed by atoms with E-state index in [1.165, 1.54) is 6.08 Å². The van der Waals surface area contributed by atoms with Gasteiger partial charge in [-0.25, -0.2) is 13.6 Å². The normalized spacial score (nSPS) is 19.1. The smallest absolute Gasteiger partial charge is 0.328 e. The Kier molecular flexibility index (Phi) is 4.37. The molecule has 0 spiro atoms. The maximum Gasteiger partial charge on any atom is 0.328 e. The van der Waals surface area contributed by atoms with Crippen molar-refractivity contribution >= 4 is 12.0 Å². The molecule has 1 aliphatic carbocycles. The Labute approximate surface area is 115 Å². The molecule has 20 heavy (non-hydrogen) atoms. The summed E-state index contributed by atoms with van der Waals surface area (Å²) in [7, 11) is 0. The molecule has 0 unspecified atom stereocenters. The fourth-order valence-electron chi connectivity index (χ4n) is 2.18. The van der Waals surface area contributed by atoms with Crippen LogP contribution < -0.4 is 4.74 Å². The van der Waals surface area contributed by atoms with Crippen molar-refractivity contribution in [1.29, 1.82) is 0 Å². The summed E-state index contributed by atoms with van der Waals surface area (Å²) >= 11 is 0. The summed E-state index contributed by atoms with van der Waals surface area (Å²) in [5.74, 6) is -3.01. The second-order valence-electron chi connectivity index (χ2n) is 4.92. The highest BCUT2D eigenvalue weighted by atomic mass is 19.3. The fraction of sp³-hybridized carbons (Fsp3) is 0.400. The maximum absolute atomic E-state index is 13.0. The zero-order valence-electron chi connectivity index (χ0n) is 10.9. The third kappa shape index (κ3) is 4.33. The molecule has 1 fully saturated rings. The topological polar surface area (TPSA) is 46.5 Å². The molecule has 0 aliphatic heterocycles. The van der Waals surface area contributed by atoms with Crippen molar-refractivity contribution in [3.8, 4) is 5.75 Å². The molecule has 1 aromatic rings. The van der Waals surface area contributed by atoms with E-state index in [0.29, 0.717) is 24.2 Å². The molecule has 108 valence electrons. The van der Waals surface area contributed by atoms with E-state index in [4.69, 9.17) is 9.84 Å². The average Bonchev–Trinajstić information content (AvgIpc) is 2.39. The minimum absolute atomic E-state index is 0.143. The third-order valence-electron chi connectivity index (χ3n) is 3.24. The van der Waals surface area contributed by atoms with Gasteiger partial charge in [0.05, 0.1) is 6.10 Å². The Hall–Kier alpha value is -1.91.